The Morgan fingerprint density at radius 3 is 2.79 bits per heavy atom. The summed E-state index contributed by atoms with van der Waals surface area (Å²) in [4.78, 5) is 11.7. The van der Waals surface area contributed by atoms with E-state index >= 15 is 0 Å². The number of nitrogens with zero attached hydrogens (tertiary/aromatic N) is 4. The summed E-state index contributed by atoms with van der Waals surface area (Å²) in [5.41, 5.74) is 2.06. The van der Waals surface area contributed by atoms with Gasteiger partial charge in [0.25, 0.3) is 0 Å². The maximum atomic E-state index is 4.68. The monoisotopic (exact) mass is 258 g/mol. The maximum Gasteiger partial charge on any atom is 0.160 e. The fraction of sp³-hybridized carbons (Fsp3) is 0.600. The zero-order chi connectivity index (χ0) is 13.1. The minimum atomic E-state index is 0.969. The van der Waals surface area contributed by atoms with Crippen molar-refractivity contribution in [2.24, 2.45) is 0 Å². The summed E-state index contributed by atoms with van der Waals surface area (Å²) in [5, 5.41) is 0. The molecule has 3 rings (SSSR count). The molecule has 0 saturated carbocycles. The average molecular weight is 258 g/mol. The lowest BCUT2D eigenvalue weighted by molar-refractivity contribution is 0.221. The molecule has 0 atom stereocenters. The summed E-state index contributed by atoms with van der Waals surface area (Å²) < 4.78 is 2.30. The molecule has 19 heavy (non-hydrogen) atoms. The first-order valence-electron chi connectivity index (χ1n) is 7.41. The number of imidazole rings is 1. The van der Waals surface area contributed by atoms with Gasteiger partial charge in [0.1, 0.15) is 11.3 Å². The van der Waals surface area contributed by atoms with E-state index in [1.54, 1.807) is 0 Å². The van der Waals surface area contributed by atoms with E-state index < -0.39 is 0 Å². The van der Waals surface area contributed by atoms with Crippen LogP contribution in [0.25, 0.3) is 11.2 Å². The van der Waals surface area contributed by atoms with Crippen LogP contribution in [-0.2, 0) is 13.0 Å². The van der Waals surface area contributed by atoms with E-state index in [-0.39, 0.29) is 0 Å². The number of hydrogen-bond acceptors (Lipinski definition) is 3. The van der Waals surface area contributed by atoms with E-state index in [0.717, 1.165) is 36.5 Å². The fourth-order valence-corrected chi connectivity index (χ4v) is 2.93. The van der Waals surface area contributed by atoms with E-state index in [4.69, 9.17) is 0 Å². The summed E-state index contributed by atoms with van der Waals surface area (Å²) in [5.74, 6) is 1.16. The lowest BCUT2D eigenvalue weighted by Crippen LogP contribution is -2.32. The number of likely N-dealkylation sites (tertiary alicyclic amines) is 1. The van der Waals surface area contributed by atoms with Crippen LogP contribution < -0.4 is 0 Å². The van der Waals surface area contributed by atoms with Crippen LogP contribution in [0.3, 0.4) is 0 Å². The van der Waals surface area contributed by atoms with E-state index in [1.807, 2.05) is 12.3 Å². The topological polar surface area (TPSA) is 34.0 Å². The van der Waals surface area contributed by atoms with Crippen LogP contribution in [-0.4, -0.2) is 39.1 Å². The summed E-state index contributed by atoms with van der Waals surface area (Å²) in [6.07, 6.45) is 6.93. The molecule has 0 N–H and O–H groups in total. The van der Waals surface area contributed by atoms with Crippen molar-refractivity contribution >= 4 is 11.2 Å². The van der Waals surface area contributed by atoms with Gasteiger partial charge in [-0.05, 0) is 38.1 Å². The number of rotatable bonds is 4. The molecular weight excluding hydrogens is 236 g/mol. The second-order valence-electron chi connectivity index (χ2n) is 5.28. The van der Waals surface area contributed by atoms with Crippen molar-refractivity contribution < 1.29 is 0 Å². The molecule has 2 aromatic rings. The number of aromatic nitrogens is 3. The molecule has 1 saturated heterocycles. The molecule has 1 aliphatic rings. The average Bonchev–Trinajstić information content (AvgIpc) is 2.84. The Morgan fingerprint density at radius 2 is 2.00 bits per heavy atom. The number of aryl methyl sites for hydroxylation is 1. The third kappa shape index (κ3) is 2.63. The molecule has 2 aromatic heterocycles. The van der Waals surface area contributed by atoms with Gasteiger partial charge >= 0.3 is 0 Å². The van der Waals surface area contributed by atoms with Crippen molar-refractivity contribution in [2.45, 2.75) is 39.2 Å². The van der Waals surface area contributed by atoms with Crippen molar-refractivity contribution in [2.75, 3.05) is 19.6 Å². The SMILES string of the molecule is CCc1nc2cccnc2n1CCN1CCCCC1. The van der Waals surface area contributed by atoms with Gasteiger partial charge in [0.15, 0.2) is 5.65 Å². The van der Waals surface area contributed by atoms with Crippen molar-refractivity contribution in [3.63, 3.8) is 0 Å². The normalized spacial score (nSPS) is 17.1. The summed E-state index contributed by atoms with van der Waals surface area (Å²) in [6, 6.07) is 4.02. The highest BCUT2D eigenvalue weighted by Crippen LogP contribution is 2.15. The second-order valence-corrected chi connectivity index (χ2v) is 5.28. The van der Waals surface area contributed by atoms with Gasteiger partial charge in [0.2, 0.25) is 0 Å². The lowest BCUT2D eigenvalue weighted by Gasteiger charge is -2.26. The maximum absolute atomic E-state index is 4.68. The Balaban J connectivity index is 1.78. The first kappa shape index (κ1) is 12.6. The third-order valence-electron chi connectivity index (χ3n) is 3.99. The highest BCUT2D eigenvalue weighted by Gasteiger charge is 2.13. The van der Waals surface area contributed by atoms with Gasteiger partial charge in [-0.1, -0.05) is 13.3 Å². The molecule has 0 aliphatic carbocycles. The van der Waals surface area contributed by atoms with Crippen LogP contribution in [0.1, 0.15) is 32.0 Å². The van der Waals surface area contributed by atoms with E-state index in [0.29, 0.717) is 0 Å². The quantitative estimate of drug-likeness (QED) is 0.845. The molecule has 0 aromatic carbocycles. The van der Waals surface area contributed by atoms with Crippen LogP contribution in [0.2, 0.25) is 0 Å². The van der Waals surface area contributed by atoms with Gasteiger partial charge in [-0.3, -0.25) is 0 Å². The molecule has 0 radical (unpaired) electrons. The minimum Gasteiger partial charge on any atom is -0.311 e. The standard InChI is InChI=1S/C15H22N4/c1-2-14-17-13-7-6-8-16-15(13)19(14)12-11-18-9-4-3-5-10-18/h6-8H,2-5,9-12H2,1H3. The number of pyridine rings is 1. The molecule has 0 spiro atoms. The van der Waals surface area contributed by atoms with Crippen LogP contribution >= 0.6 is 0 Å². The van der Waals surface area contributed by atoms with Gasteiger partial charge in [-0.25, -0.2) is 9.97 Å². The fourth-order valence-electron chi connectivity index (χ4n) is 2.93. The molecule has 0 amide bonds. The Labute approximate surface area is 114 Å². The predicted octanol–water partition coefficient (Wildman–Crippen LogP) is 2.48. The Kier molecular flexibility index (Phi) is 3.78. The zero-order valence-corrected chi connectivity index (χ0v) is 11.7. The van der Waals surface area contributed by atoms with Crippen LogP contribution in [0.15, 0.2) is 18.3 Å². The summed E-state index contributed by atoms with van der Waals surface area (Å²) in [7, 11) is 0. The van der Waals surface area contributed by atoms with Gasteiger partial charge in [0, 0.05) is 25.7 Å². The van der Waals surface area contributed by atoms with Crippen molar-refractivity contribution in [1.29, 1.82) is 0 Å². The lowest BCUT2D eigenvalue weighted by atomic mass is 10.1. The Bertz CT molecular complexity index is 540. The first-order valence-corrected chi connectivity index (χ1v) is 7.41. The molecule has 0 bridgehead atoms. The summed E-state index contributed by atoms with van der Waals surface area (Å²) in [6.45, 7) is 6.80. The first-order chi connectivity index (χ1) is 9.38. The number of hydrogen-bond donors (Lipinski definition) is 0. The predicted molar refractivity (Wildman–Crippen MR) is 77.2 cm³/mol. The number of piperidine rings is 1. The Morgan fingerprint density at radius 1 is 1.16 bits per heavy atom. The zero-order valence-electron chi connectivity index (χ0n) is 11.7. The second kappa shape index (κ2) is 5.70. The van der Waals surface area contributed by atoms with E-state index in [9.17, 15) is 0 Å². The van der Waals surface area contributed by atoms with E-state index in [1.165, 1.54) is 32.4 Å². The molecule has 1 aliphatic heterocycles. The highest BCUT2D eigenvalue weighted by molar-refractivity contribution is 5.71. The van der Waals surface area contributed by atoms with Crippen molar-refractivity contribution in [1.82, 2.24) is 19.4 Å². The molecule has 4 nitrogen and oxygen atoms in total. The van der Waals surface area contributed by atoms with Crippen LogP contribution in [0, 0.1) is 0 Å². The van der Waals surface area contributed by atoms with Crippen LogP contribution in [0.5, 0.6) is 0 Å². The minimum absolute atomic E-state index is 0.969. The molecule has 3 heterocycles. The van der Waals surface area contributed by atoms with Gasteiger partial charge in [0.05, 0.1) is 0 Å². The summed E-state index contributed by atoms with van der Waals surface area (Å²) >= 11 is 0. The smallest absolute Gasteiger partial charge is 0.160 e. The van der Waals surface area contributed by atoms with Gasteiger partial charge in [-0.2, -0.15) is 0 Å². The van der Waals surface area contributed by atoms with E-state index in [2.05, 4.69) is 32.4 Å². The highest BCUT2D eigenvalue weighted by atomic mass is 15.2. The van der Waals surface area contributed by atoms with Crippen LogP contribution in [0.4, 0.5) is 0 Å². The number of fused-ring (bicyclic) bond motifs is 1. The molecular formula is C15H22N4. The van der Waals surface area contributed by atoms with Gasteiger partial charge in [-0.15, -0.1) is 0 Å². The molecule has 4 heteroatoms. The van der Waals surface area contributed by atoms with Gasteiger partial charge < -0.3 is 9.47 Å². The molecule has 0 unspecified atom stereocenters. The third-order valence-corrected chi connectivity index (χ3v) is 3.99. The molecule has 1 fully saturated rings. The Hall–Kier alpha value is -1.42. The molecule has 102 valence electrons. The largest absolute Gasteiger partial charge is 0.311 e. The van der Waals surface area contributed by atoms with Crippen molar-refractivity contribution in [3.05, 3.63) is 24.2 Å². The van der Waals surface area contributed by atoms with Crippen molar-refractivity contribution in [3.8, 4) is 0 Å².